The molecule has 3 heterocycles. The molecule has 3 aromatic heterocycles. The number of imidazole rings is 1. The van der Waals surface area contributed by atoms with Crippen molar-refractivity contribution in [2.45, 2.75) is 26.9 Å². The second-order valence-corrected chi connectivity index (χ2v) is 4.49. The van der Waals surface area contributed by atoms with E-state index in [9.17, 15) is 0 Å². The quantitative estimate of drug-likeness (QED) is 0.772. The van der Waals surface area contributed by atoms with Gasteiger partial charge in [-0.2, -0.15) is 5.10 Å². The van der Waals surface area contributed by atoms with Crippen LogP contribution in [0.2, 0.25) is 0 Å². The molecule has 0 atom stereocenters. The molecule has 19 heavy (non-hydrogen) atoms. The Morgan fingerprint density at radius 3 is 2.89 bits per heavy atom. The van der Waals surface area contributed by atoms with Gasteiger partial charge in [-0.15, -0.1) is 0 Å². The molecule has 3 aromatic rings. The summed E-state index contributed by atoms with van der Waals surface area (Å²) in [6.07, 6.45) is 3.60. The van der Waals surface area contributed by atoms with E-state index in [-0.39, 0.29) is 0 Å². The summed E-state index contributed by atoms with van der Waals surface area (Å²) in [5.74, 6) is 0.515. The Bertz CT molecular complexity index is 710. The summed E-state index contributed by atoms with van der Waals surface area (Å²) in [5, 5.41) is 4.47. The number of nitrogen functional groups attached to an aromatic ring is 1. The molecule has 0 saturated carbocycles. The Kier molecular flexibility index (Phi) is 2.70. The van der Waals surface area contributed by atoms with Crippen molar-refractivity contribution in [1.82, 2.24) is 24.3 Å². The van der Waals surface area contributed by atoms with E-state index in [0.29, 0.717) is 12.5 Å². The molecular weight excluding hydrogens is 240 g/mol. The molecule has 0 aliphatic carbocycles. The maximum absolute atomic E-state index is 6.03. The van der Waals surface area contributed by atoms with E-state index < -0.39 is 0 Å². The van der Waals surface area contributed by atoms with Gasteiger partial charge in [-0.1, -0.05) is 6.07 Å². The number of fused-ring (bicyclic) bond motifs is 1. The first-order chi connectivity index (χ1) is 9.20. The number of hydrogen-bond donors (Lipinski definition) is 1. The fraction of sp³-hybridized carbons (Fsp3) is 0.308. The number of aromatic nitrogens is 5. The lowest BCUT2D eigenvalue weighted by Gasteiger charge is -2.07. The van der Waals surface area contributed by atoms with E-state index in [4.69, 9.17) is 5.73 Å². The molecule has 2 N–H and O–H groups in total. The molecular formula is C13H16N6. The lowest BCUT2D eigenvalue weighted by Crippen LogP contribution is -2.09. The minimum absolute atomic E-state index is 0.515. The van der Waals surface area contributed by atoms with Gasteiger partial charge in [0.25, 0.3) is 0 Å². The van der Waals surface area contributed by atoms with Crippen LogP contribution in [0.3, 0.4) is 0 Å². The van der Waals surface area contributed by atoms with Gasteiger partial charge in [0.1, 0.15) is 5.52 Å². The van der Waals surface area contributed by atoms with Crippen LogP contribution in [0.15, 0.2) is 24.5 Å². The third-order valence-electron chi connectivity index (χ3n) is 3.19. The van der Waals surface area contributed by atoms with Gasteiger partial charge < -0.3 is 5.73 Å². The van der Waals surface area contributed by atoms with E-state index in [0.717, 1.165) is 29.0 Å². The number of aryl methyl sites for hydroxylation is 2. The summed E-state index contributed by atoms with van der Waals surface area (Å²) in [6.45, 7) is 5.46. The van der Waals surface area contributed by atoms with Crippen molar-refractivity contribution in [2.75, 3.05) is 5.73 Å². The van der Waals surface area contributed by atoms with E-state index in [2.05, 4.69) is 22.0 Å². The van der Waals surface area contributed by atoms with E-state index in [1.807, 2.05) is 34.5 Å². The third kappa shape index (κ3) is 1.85. The molecule has 0 aliphatic rings. The van der Waals surface area contributed by atoms with Crippen molar-refractivity contribution < 1.29 is 0 Å². The smallest absolute Gasteiger partial charge is 0.202 e. The minimum atomic E-state index is 0.515. The number of rotatable bonds is 3. The fourth-order valence-electron chi connectivity index (χ4n) is 2.29. The van der Waals surface area contributed by atoms with Crippen LogP contribution in [-0.4, -0.2) is 24.3 Å². The SMILES string of the molecule is CCn1nc(C)c2nc(N)n(Cc3cccnc3)c21. The molecule has 6 heteroatoms. The Hall–Kier alpha value is -2.37. The Morgan fingerprint density at radius 2 is 2.21 bits per heavy atom. The maximum Gasteiger partial charge on any atom is 0.202 e. The minimum Gasteiger partial charge on any atom is -0.369 e. The Balaban J connectivity index is 2.15. The van der Waals surface area contributed by atoms with E-state index in [1.165, 1.54) is 0 Å². The Labute approximate surface area is 110 Å². The topological polar surface area (TPSA) is 74.6 Å². The van der Waals surface area contributed by atoms with E-state index in [1.54, 1.807) is 6.20 Å². The summed E-state index contributed by atoms with van der Waals surface area (Å²) in [5.41, 5.74) is 9.88. The lowest BCUT2D eigenvalue weighted by atomic mass is 10.3. The number of pyridine rings is 1. The lowest BCUT2D eigenvalue weighted by molar-refractivity contribution is 0.647. The number of nitrogens with two attached hydrogens (primary N) is 1. The predicted molar refractivity (Wildman–Crippen MR) is 73.7 cm³/mol. The van der Waals surface area contributed by atoms with Gasteiger partial charge in [0, 0.05) is 18.9 Å². The molecule has 98 valence electrons. The van der Waals surface area contributed by atoms with Crippen LogP contribution < -0.4 is 5.73 Å². The van der Waals surface area contributed by atoms with Crippen LogP contribution in [0.1, 0.15) is 18.2 Å². The van der Waals surface area contributed by atoms with Crippen molar-refractivity contribution in [3.63, 3.8) is 0 Å². The molecule has 0 fully saturated rings. The first-order valence-corrected chi connectivity index (χ1v) is 6.28. The zero-order valence-corrected chi connectivity index (χ0v) is 11.0. The van der Waals surface area contributed by atoms with Crippen LogP contribution in [0.25, 0.3) is 11.2 Å². The highest BCUT2D eigenvalue weighted by Crippen LogP contribution is 2.22. The Morgan fingerprint density at radius 1 is 1.37 bits per heavy atom. The summed E-state index contributed by atoms with van der Waals surface area (Å²) in [6, 6.07) is 3.94. The molecule has 0 bridgehead atoms. The molecule has 6 nitrogen and oxygen atoms in total. The molecule has 0 spiro atoms. The van der Waals surface area contributed by atoms with Gasteiger partial charge in [-0.25, -0.2) is 9.67 Å². The van der Waals surface area contributed by atoms with Crippen molar-refractivity contribution in [2.24, 2.45) is 0 Å². The molecule has 3 rings (SSSR count). The van der Waals surface area contributed by atoms with Crippen LogP contribution in [0.4, 0.5) is 5.95 Å². The average Bonchev–Trinajstić information content (AvgIpc) is 2.90. The second-order valence-electron chi connectivity index (χ2n) is 4.49. The highest BCUT2D eigenvalue weighted by Gasteiger charge is 2.16. The summed E-state index contributed by atoms with van der Waals surface area (Å²) in [7, 11) is 0. The maximum atomic E-state index is 6.03. The van der Waals surface area contributed by atoms with E-state index >= 15 is 0 Å². The molecule has 0 amide bonds. The normalized spacial score (nSPS) is 11.3. The van der Waals surface area contributed by atoms with Crippen molar-refractivity contribution in [1.29, 1.82) is 0 Å². The fourth-order valence-corrected chi connectivity index (χ4v) is 2.29. The van der Waals surface area contributed by atoms with Crippen LogP contribution in [0, 0.1) is 6.92 Å². The number of anilines is 1. The largest absolute Gasteiger partial charge is 0.369 e. The van der Waals surface area contributed by atoms with Crippen molar-refractivity contribution >= 4 is 17.1 Å². The first kappa shape index (κ1) is 11.7. The third-order valence-corrected chi connectivity index (χ3v) is 3.19. The first-order valence-electron chi connectivity index (χ1n) is 6.28. The van der Waals surface area contributed by atoms with Crippen LogP contribution >= 0.6 is 0 Å². The molecule has 0 aromatic carbocycles. The highest BCUT2D eigenvalue weighted by atomic mass is 15.4. The van der Waals surface area contributed by atoms with Crippen molar-refractivity contribution in [3.8, 4) is 0 Å². The molecule has 0 radical (unpaired) electrons. The van der Waals surface area contributed by atoms with Gasteiger partial charge in [-0.05, 0) is 25.5 Å². The molecule has 0 aliphatic heterocycles. The summed E-state index contributed by atoms with van der Waals surface area (Å²) in [4.78, 5) is 8.54. The van der Waals surface area contributed by atoms with Gasteiger partial charge >= 0.3 is 0 Å². The van der Waals surface area contributed by atoms with Gasteiger partial charge in [0.15, 0.2) is 5.65 Å². The monoisotopic (exact) mass is 256 g/mol. The molecule has 0 unspecified atom stereocenters. The van der Waals surface area contributed by atoms with Gasteiger partial charge in [0.2, 0.25) is 5.95 Å². The zero-order valence-electron chi connectivity index (χ0n) is 11.0. The summed E-state index contributed by atoms with van der Waals surface area (Å²) < 4.78 is 3.92. The van der Waals surface area contributed by atoms with Crippen molar-refractivity contribution in [3.05, 3.63) is 35.8 Å². The standard InChI is InChI=1S/C13H16N6/c1-3-19-12-11(9(2)17-19)16-13(14)18(12)8-10-5-4-6-15-7-10/h4-7H,3,8H2,1-2H3,(H2,14,16). The zero-order chi connectivity index (χ0) is 13.4. The average molecular weight is 256 g/mol. The van der Waals surface area contributed by atoms with Gasteiger partial charge in [-0.3, -0.25) is 9.55 Å². The van der Waals surface area contributed by atoms with Gasteiger partial charge in [0.05, 0.1) is 12.2 Å². The number of hydrogen-bond acceptors (Lipinski definition) is 4. The highest BCUT2D eigenvalue weighted by molar-refractivity contribution is 5.77. The second kappa shape index (κ2) is 4.38. The van der Waals surface area contributed by atoms with Crippen LogP contribution in [0.5, 0.6) is 0 Å². The van der Waals surface area contributed by atoms with Crippen LogP contribution in [-0.2, 0) is 13.1 Å². The summed E-state index contributed by atoms with van der Waals surface area (Å²) >= 11 is 0. The molecule has 0 saturated heterocycles. The predicted octanol–water partition coefficient (Wildman–Crippen LogP) is 1.59. The number of nitrogens with zero attached hydrogens (tertiary/aromatic N) is 5.